The van der Waals surface area contributed by atoms with E-state index in [0.717, 1.165) is 25.7 Å². The minimum atomic E-state index is -0.391. The SMILES string of the molecule is CCCCCCCCCOC(=O)c1cc(Br)c(C(=O)OCCCCCCCCC)c(Br)c1. The van der Waals surface area contributed by atoms with Gasteiger partial charge in [0.2, 0.25) is 0 Å². The summed E-state index contributed by atoms with van der Waals surface area (Å²) in [5.74, 6) is -0.766. The molecule has 0 spiro atoms. The lowest BCUT2D eigenvalue weighted by Crippen LogP contribution is -2.11. The molecule has 32 heavy (non-hydrogen) atoms. The Morgan fingerprint density at radius 3 is 1.44 bits per heavy atom. The summed E-state index contributed by atoms with van der Waals surface area (Å²) in [4.78, 5) is 24.8. The van der Waals surface area contributed by atoms with E-state index >= 15 is 0 Å². The number of hydrogen-bond acceptors (Lipinski definition) is 4. The molecule has 0 aliphatic rings. The first-order chi connectivity index (χ1) is 15.5. The van der Waals surface area contributed by atoms with E-state index in [0.29, 0.717) is 33.3 Å². The second-order valence-corrected chi connectivity index (χ2v) is 10.0. The molecule has 0 saturated heterocycles. The molecular formula is C26H40Br2O4. The number of halogens is 2. The fourth-order valence-corrected chi connectivity index (χ4v) is 5.00. The quantitative estimate of drug-likeness (QED) is 0.129. The van der Waals surface area contributed by atoms with Gasteiger partial charge in [0.25, 0.3) is 0 Å². The summed E-state index contributed by atoms with van der Waals surface area (Å²) in [5, 5.41) is 0. The van der Waals surface area contributed by atoms with Gasteiger partial charge in [-0.25, -0.2) is 9.59 Å². The van der Waals surface area contributed by atoms with E-state index < -0.39 is 5.97 Å². The Labute approximate surface area is 211 Å². The van der Waals surface area contributed by atoms with Crippen LogP contribution in [0.2, 0.25) is 0 Å². The van der Waals surface area contributed by atoms with Gasteiger partial charge in [-0.1, -0.05) is 90.9 Å². The number of carbonyl (C=O) groups is 2. The first-order valence-corrected chi connectivity index (χ1v) is 13.9. The largest absolute Gasteiger partial charge is 0.462 e. The van der Waals surface area contributed by atoms with E-state index in [1.807, 2.05) is 0 Å². The molecule has 0 aromatic heterocycles. The van der Waals surface area contributed by atoms with Crippen LogP contribution in [0.15, 0.2) is 21.1 Å². The molecule has 6 heteroatoms. The molecular weight excluding hydrogens is 536 g/mol. The number of carbonyl (C=O) groups excluding carboxylic acids is 2. The molecule has 0 N–H and O–H groups in total. The lowest BCUT2D eigenvalue weighted by Gasteiger charge is -2.11. The molecule has 0 unspecified atom stereocenters. The maximum atomic E-state index is 12.5. The van der Waals surface area contributed by atoms with Crippen molar-refractivity contribution in [2.75, 3.05) is 13.2 Å². The van der Waals surface area contributed by atoms with Crippen LogP contribution < -0.4 is 0 Å². The van der Waals surface area contributed by atoms with E-state index in [-0.39, 0.29) is 5.97 Å². The van der Waals surface area contributed by atoms with Crippen molar-refractivity contribution in [3.63, 3.8) is 0 Å². The first kappa shape index (κ1) is 29.2. The highest BCUT2D eigenvalue weighted by Gasteiger charge is 2.19. The van der Waals surface area contributed by atoms with E-state index in [1.165, 1.54) is 64.2 Å². The molecule has 1 aromatic rings. The van der Waals surface area contributed by atoms with Gasteiger partial charge in [-0.15, -0.1) is 0 Å². The van der Waals surface area contributed by atoms with Gasteiger partial charge >= 0.3 is 11.9 Å². The molecule has 0 bridgehead atoms. The van der Waals surface area contributed by atoms with Crippen LogP contribution in [0.4, 0.5) is 0 Å². The van der Waals surface area contributed by atoms with Crippen molar-refractivity contribution in [2.24, 2.45) is 0 Å². The molecule has 1 aromatic carbocycles. The minimum absolute atomic E-state index is 0.375. The Morgan fingerprint density at radius 1 is 0.625 bits per heavy atom. The van der Waals surface area contributed by atoms with Gasteiger partial charge in [0.15, 0.2) is 0 Å². The highest BCUT2D eigenvalue weighted by atomic mass is 79.9. The Kier molecular flexibility index (Phi) is 16.9. The lowest BCUT2D eigenvalue weighted by molar-refractivity contribution is 0.0481. The molecule has 0 fully saturated rings. The number of rotatable bonds is 18. The summed E-state index contributed by atoms with van der Waals surface area (Å²) in [7, 11) is 0. The molecule has 4 nitrogen and oxygen atoms in total. The van der Waals surface area contributed by atoms with Gasteiger partial charge < -0.3 is 9.47 Å². The average molecular weight is 576 g/mol. The molecule has 0 radical (unpaired) electrons. The molecule has 1 rings (SSSR count). The minimum Gasteiger partial charge on any atom is -0.462 e. The Morgan fingerprint density at radius 2 is 1.00 bits per heavy atom. The maximum Gasteiger partial charge on any atom is 0.340 e. The number of unbranched alkanes of at least 4 members (excludes halogenated alkanes) is 12. The summed E-state index contributed by atoms with van der Waals surface area (Å²) in [6.07, 6.45) is 16.4. The lowest BCUT2D eigenvalue weighted by atomic mass is 10.1. The van der Waals surface area contributed by atoms with Crippen molar-refractivity contribution in [1.82, 2.24) is 0 Å². The normalized spacial score (nSPS) is 10.9. The predicted molar refractivity (Wildman–Crippen MR) is 138 cm³/mol. The second-order valence-electron chi connectivity index (χ2n) is 8.33. The predicted octanol–water partition coefficient (Wildman–Crippen LogP) is 9.03. The third-order valence-electron chi connectivity index (χ3n) is 5.44. The van der Waals surface area contributed by atoms with Crippen LogP contribution in [0.3, 0.4) is 0 Å². The van der Waals surface area contributed by atoms with Crippen molar-refractivity contribution in [3.05, 3.63) is 32.2 Å². The summed E-state index contributed by atoms with van der Waals surface area (Å²) in [6.45, 7) is 5.25. The number of benzene rings is 1. The van der Waals surface area contributed by atoms with E-state index in [1.54, 1.807) is 12.1 Å². The van der Waals surface area contributed by atoms with Crippen LogP contribution in [-0.4, -0.2) is 25.2 Å². The van der Waals surface area contributed by atoms with Gasteiger partial charge in [0.1, 0.15) is 0 Å². The fraction of sp³-hybridized carbons (Fsp3) is 0.692. The summed E-state index contributed by atoms with van der Waals surface area (Å²) < 4.78 is 11.9. The van der Waals surface area contributed by atoms with Crippen LogP contribution in [0.25, 0.3) is 0 Å². The highest BCUT2D eigenvalue weighted by Crippen LogP contribution is 2.29. The van der Waals surface area contributed by atoms with Crippen LogP contribution in [0.5, 0.6) is 0 Å². The number of hydrogen-bond donors (Lipinski definition) is 0. The summed E-state index contributed by atoms with van der Waals surface area (Å²) in [6, 6.07) is 3.25. The summed E-state index contributed by atoms with van der Waals surface area (Å²) in [5.41, 5.74) is 0.812. The molecule has 0 heterocycles. The van der Waals surface area contributed by atoms with Crippen molar-refractivity contribution in [2.45, 2.75) is 104 Å². The van der Waals surface area contributed by atoms with Gasteiger partial charge in [0.05, 0.1) is 24.3 Å². The Balaban J connectivity index is 2.37. The number of esters is 2. The van der Waals surface area contributed by atoms with E-state index in [9.17, 15) is 9.59 Å². The molecule has 0 saturated carbocycles. The van der Waals surface area contributed by atoms with Crippen molar-refractivity contribution >= 4 is 43.8 Å². The van der Waals surface area contributed by atoms with Crippen molar-refractivity contribution < 1.29 is 19.1 Å². The number of ether oxygens (including phenoxy) is 2. The molecule has 182 valence electrons. The fourth-order valence-electron chi connectivity index (χ4n) is 3.49. The monoisotopic (exact) mass is 574 g/mol. The highest BCUT2D eigenvalue weighted by molar-refractivity contribution is 9.11. The van der Waals surface area contributed by atoms with Crippen LogP contribution in [-0.2, 0) is 9.47 Å². The van der Waals surface area contributed by atoms with E-state index in [4.69, 9.17) is 9.47 Å². The topological polar surface area (TPSA) is 52.6 Å². The zero-order valence-corrected chi connectivity index (χ0v) is 23.0. The zero-order valence-electron chi connectivity index (χ0n) is 19.9. The second kappa shape index (κ2) is 18.5. The summed E-state index contributed by atoms with van der Waals surface area (Å²) >= 11 is 6.82. The first-order valence-electron chi connectivity index (χ1n) is 12.3. The maximum absolute atomic E-state index is 12.5. The Hall–Kier alpha value is -0.880. The van der Waals surface area contributed by atoms with Crippen molar-refractivity contribution in [1.29, 1.82) is 0 Å². The van der Waals surface area contributed by atoms with Gasteiger partial charge in [-0.2, -0.15) is 0 Å². The third kappa shape index (κ3) is 12.4. The smallest absolute Gasteiger partial charge is 0.340 e. The van der Waals surface area contributed by atoms with E-state index in [2.05, 4.69) is 45.7 Å². The van der Waals surface area contributed by atoms with Gasteiger partial charge in [-0.3, -0.25) is 0 Å². The standard InChI is InChI=1S/C26H40Br2O4/c1-3-5-7-9-11-13-15-17-31-25(29)21-19-22(27)24(23(28)20-21)26(30)32-18-16-14-12-10-8-6-4-2/h19-20H,3-18H2,1-2H3. The van der Waals surface area contributed by atoms with Crippen LogP contribution >= 0.6 is 31.9 Å². The third-order valence-corrected chi connectivity index (χ3v) is 6.69. The van der Waals surface area contributed by atoms with Gasteiger partial charge in [-0.05, 0) is 56.8 Å². The van der Waals surface area contributed by atoms with Gasteiger partial charge in [0, 0.05) is 8.95 Å². The zero-order chi connectivity index (χ0) is 23.6. The average Bonchev–Trinajstić information content (AvgIpc) is 2.76. The van der Waals surface area contributed by atoms with Crippen molar-refractivity contribution in [3.8, 4) is 0 Å². The molecule has 0 amide bonds. The molecule has 0 aliphatic heterocycles. The molecule has 0 aliphatic carbocycles. The van der Waals surface area contributed by atoms with Crippen LogP contribution in [0, 0.1) is 0 Å². The Bertz CT molecular complexity index is 653. The molecule has 0 atom stereocenters. The van der Waals surface area contributed by atoms with Crippen LogP contribution in [0.1, 0.15) is 124 Å².